The zero-order valence-corrected chi connectivity index (χ0v) is 11.9. The highest BCUT2D eigenvalue weighted by Gasteiger charge is 2.63. The maximum atomic E-state index is 10.6. The van der Waals surface area contributed by atoms with Crippen molar-refractivity contribution in [2.24, 2.45) is 23.7 Å². The molecule has 0 radical (unpaired) electrons. The molecule has 3 rings (SSSR count). The molecule has 3 heteroatoms. The topological polar surface area (TPSA) is 49.7 Å². The van der Waals surface area contributed by atoms with Crippen molar-refractivity contribution in [1.82, 2.24) is 0 Å². The van der Waals surface area contributed by atoms with Crippen LogP contribution in [0, 0.1) is 23.7 Å². The summed E-state index contributed by atoms with van der Waals surface area (Å²) in [6, 6.07) is 0. The molecular weight excluding hydrogens is 228 g/mol. The Morgan fingerprint density at radius 2 is 1.83 bits per heavy atom. The lowest BCUT2D eigenvalue weighted by Gasteiger charge is -2.52. The van der Waals surface area contributed by atoms with E-state index in [0.717, 1.165) is 12.8 Å². The van der Waals surface area contributed by atoms with E-state index in [4.69, 9.17) is 4.74 Å². The molecule has 3 fully saturated rings. The van der Waals surface area contributed by atoms with Gasteiger partial charge in [0.15, 0.2) is 0 Å². The van der Waals surface area contributed by atoms with E-state index in [-0.39, 0.29) is 23.5 Å². The van der Waals surface area contributed by atoms with Gasteiger partial charge >= 0.3 is 0 Å². The first-order valence-corrected chi connectivity index (χ1v) is 7.32. The van der Waals surface area contributed by atoms with Crippen LogP contribution in [0.3, 0.4) is 0 Å². The van der Waals surface area contributed by atoms with Gasteiger partial charge in [0, 0.05) is 12.3 Å². The number of aliphatic hydroxyl groups is 2. The Kier molecular flexibility index (Phi) is 2.66. The second-order valence-electron chi connectivity index (χ2n) is 7.58. The summed E-state index contributed by atoms with van der Waals surface area (Å²) in [5.41, 5.74) is -0.995. The summed E-state index contributed by atoms with van der Waals surface area (Å²) in [7, 11) is 0. The Morgan fingerprint density at radius 1 is 1.17 bits per heavy atom. The Labute approximate surface area is 110 Å². The van der Waals surface area contributed by atoms with Gasteiger partial charge in [-0.1, -0.05) is 6.92 Å². The minimum atomic E-state index is -0.733. The van der Waals surface area contributed by atoms with Gasteiger partial charge in [-0.2, -0.15) is 0 Å². The van der Waals surface area contributed by atoms with Crippen LogP contribution in [0.4, 0.5) is 0 Å². The highest BCUT2D eigenvalue weighted by atomic mass is 16.5. The van der Waals surface area contributed by atoms with Gasteiger partial charge in [-0.15, -0.1) is 0 Å². The molecule has 0 aromatic rings. The van der Waals surface area contributed by atoms with Crippen molar-refractivity contribution in [3.8, 4) is 0 Å². The Balaban J connectivity index is 2.02. The summed E-state index contributed by atoms with van der Waals surface area (Å²) in [5.74, 6) is 1.32. The first-order valence-electron chi connectivity index (χ1n) is 7.32. The van der Waals surface area contributed by atoms with Gasteiger partial charge in [0.05, 0.1) is 23.4 Å². The Morgan fingerprint density at radius 3 is 2.50 bits per heavy atom. The zero-order valence-electron chi connectivity index (χ0n) is 11.9. The van der Waals surface area contributed by atoms with Crippen molar-refractivity contribution in [2.45, 2.75) is 70.4 Å². The largest absolute Gasteiger partial charge is 0.393 e. The predicted octanol–water partition coefficient (Wildman–Crippen LogP) is 1.96. The van der Waals surface area contributed by atoms with Crippen molar-refractivity contribution >= 4 is 0 Å². The molecule has 18 heavy (non-hydrogen) atoms. The highest BCUT2D eigenvalue weighted by molar-refractivity contribution is 5.12. The molecule has 2 N–H and O–H groups in total. The molecule has 1 aliphatic heterocycles. The van der Waals surface area contributed by atoms with Crippen LogP contribution in [-0.2, 0) is 4.74 Å². The third-order valence-electron chi connectivity index (χ3n) is 5.83. The van der Waals surface area contributed by atoms with Gasteiger partial charge in [-0.3, -0.25) is 0 Å². The normalized spacial score (nSPS) is 58.3. The van der Waals surface area contributed by atoms with Crippen LogP contribution in [0.2, 0.25) is 0 Å². The summed E-state index contributed by atoms with van der Waals surface area (Å²) in [6.45, 7) is 8.34. The summed E-state index contributed by atoms with van der Waals surface area (Å²) >= 11 is 0. The lowest BCUT2D eigenvalue weighted by atomic mass is 9.55. The van der Waals surface area contributed by atoms with Crippen molar-refractivity contribution in [3.63, 3.8) is 0 Å². The van der Waals surface area contributed by atoms with Gasteiger partial charge < -0.3 is 14.9 Å². The van der Waals surface area contributed by atoms with Crippen molar-refractivity contribution in [2.75, 3.05) is 0 Å². The van der Waals surface area contributed by atoms with Gasteiger partial charge in [0.2, 0.25) is 0 Å². The van der Waals surface area contributed by atoms with Crippen LogP contribution >= 0.6 is 0 Å². The molecule has 0 bridgehead atoms. The lowest BCUT2D eigenvalue weighted by molar-refractivity contribution is -0.146. The lowest BCUT2D eigenvalue weighted by Crippen LogP contribution is -2.57. The molecule has 0 unspecified atom stereocenters. The molecule has 2 saturated carbocycles. The van der Waals surface area contributed by atoms with Crippen LogP contribution in [0.5, 0.6) is 0 Å². The van der Waals surface area contributed by atoms with Crippen LogP contribution in [-0.4, -0.2) is 33.6 Å². The smallest absolute Gasteiger partial charge is 0.0687 e. The minimum absolute atomic E-state index is 0.176. The third kappa shape index (κ3) is 1.60. The molecule has 0 spiro atoms. The molecular formula is C15H26O3. The molecule has 0 aromatic heterocycles. The molecule has 3 nitrogen and oxygen atoms in total. The average molecular weight is 254 g/mol. The first-order chi connectivity index (χ1) is 8.24. The molecule has 7 atom stereocenters. The summed E-state index contributed by atoms with van der Waals surface area (Å²) < 4.78 is 6.27. The van der Waals surface area contributed by atoms with E-state index in [1.165, 1.54) is 0 Å². The Bertz CT molecular complexity index is 350. The van der Waals surface area contributed by atoms with Crippen molar-refractivity contribution < 1.29 is 14.9 Å². The number of ether oxygens (including phenoxy) is 1. The van der Waals surface area contributed by atoms with Crippen molar-refractivity contribution in [3.05, 3.63) is 0 Å². The van der Waals surface area contributed by atoms with E-state index in [0.29, 0.717) is 18.3 Å². The number of hydrogen-bond acceptors (Lipinski definition) is 3. The zero-order chi connectivity index (χ0) is 13.3. The van der Waals surface area contributed by atoms with Gasteiger partial charge in [-0.05, 0) is 51.4 Å². The SMILES string of the molecule is C[C@H]1CC[C@@H]2[C@H]3[C@H]1OC(C)(C)[C@@H]3[C@@H](O)C[C@@]2(C)O. The average Bonchev–Trinajstić information content (AvgIpc) is 2.48. The molecule has 3 aliphatic rings. The fraction of sp³-hybridized carbons (Fsp3) is 1.00. The van der Waals surface area contributed by atoms with Crippen LogP contribution in [0.25, 0.3) is 0 Å². The van der Waals surface area contributed by atoms with E-state index in [9.17, 15) is 10.2 Å². The highest BCUT2D eigenvalue weighted by Crippen LogP contribution is 2.58. The number of rotatable bonds is 0. The third-order valence-corrected chi connectivity index (χ3v) is 5.83. The van der Waals surface area contributed by atoms with E-state index < -0.39 is 11.7 Å². The van der Waals surface area contributed by atoms with Gasteiger partial charge in [0.1, 0.15) is 0 Å². The molecule has 1 saturated heterocycles. The second kappa shape index (κ2) is 3.71. The predicted molar refractivity (Wildman–Crippen MR) is 69.1 cm³/mol. The van der Waals surface area contributed by atoms with Crippen LogP contribution < -0.4 is 0 Å². The molecule has 104 valence electrons. The molecule has 1 heterocycles. The minimum Gasteiger partial charge on any atom is -0.393 e. The summed E-state index contributed by atoms with van der Waals surface area (Å²) in [4.78, 5) is 0. The van der Waals surface area contributed by atoms with Crippen LogP contribution in [0.15, 0.2) is 0 Å². The van der Waals surface area contributed by atoms with E-state index in [2.05, 4.69) is 20.8 Å². The molecule has 2 aliphatic carbocycles. The first kappa shape index (κ1) is 12.9. The van der Waals surface area contributed by atoms with Crippen LogP contribution in [0.1, 0.15) is 47.0 Å². The fourth-order valence-electron chi connectivity index (χ4n) is 5.10. The standard InChI is InChI=1S/C15H26O3/c1-8-5-6-9-11-12(10(16)7-15(9,4)17)14(2,3)18-13(8)11/h8-13,16-17H,5-7H2,1-4H3/t8-,9+,10-,11+,12+,13-,15+/m0/s1. The second-order valence-corrected chi connectivity index (χ2v) is 7.58. The summed E-state index contributed by atoms with van der Waals surface area (Å²) in [5, 5.41) is 21.1. The van der Waals surface area contributed by atoms with E-state index in [1.807, 2.05) is 6.92 Å². The Hall–Kier alpha value is -0.120. The maximum absolute atomic E-state index is 10.6. The monoisotopic (exact) mass is 254 g/mol. The quantitative estimate of drug-likeness (QED) is 0.695. The molecule has 0 amide bonds. The number of aliphatic hydroxyl groups excluding tert-OH is 1. The van der Waals surface area contributed by atoms with E-state index in [1.54, 1.807) is 0 Å². The summed E-state index contributed by atoms with van der Waals surface area (Å²) in [6.07, 6.45) is 2.46. The van der Waals surface area contributed by atoms with Gasteiger partial charge in [-0.25, -0.2) is 0 Å². The molecule has 0 aromatic carbocycles. The van der Waals surface area contributed by atoms with Crippen molar-refractivity contribution in [1.29, 1.82) is 0 Å². The fourth-order valence-corrected chi connectivity index (χ4v) is 5.10. The maximum Gasteiger partial charge on any atom is 0.0687 e. The number of hydrogen-bond donors (Lipinski definition) is 2. The van der Waals surface area contributed by atoms with E-state index >= 15 is 0 Å². The van der Waals surface area contributed by atoms with Gasteiger partial charge in [0.25, 0.3) is 0 Å².